The Hall–Kier alpha value is -3.14. The van der Waals surface area contributed by atoms with E-state index in [1.807, 2.05) is 66.7 Å². The van der Waals surface area contributed by atoms with Gasteiger partial charge < -0.3 is 4.90 Å². The second-order valence-corrected chi connectivity index (χ2v) is 5.76. The quantitative estimate of drug-likeness (QED) is 0.493. The first kappa shape index (κ1) is 12.4. The van der Waals surface area contributed by atoms with Gasteiger partial charge in [0.25, 0.3) is 5.91 Å². The summed E-state index contributed by atoms with van der Waals surface area (Å²) in [7, 11) is 1.96. The lowest BCUT2D eigenvalue weighted by molar-refractivity contribution is 0.0970. The van der Waals surface area contributed by atoms with E-state index in [1.165, 1.54) is 0 Å². The molecular formula is C19H13N3O. The molecule has 1 aliphatic heterocycles. The van der Waals surface area contributed by atoms with Gasteiger partial charge in [-0.25, -0.2) is 4.98 Å². The summed E-state index contributed by atoms with van der Waals surface area (Å²) < 4.78 is 1.80. The van der Waals surface area contributed by atoms with Crippen molar-refractivity contribution in [1.29, 1.82) is 0 Å². The van der Waals surface area contributed by atoms with Crippen LogP contribution in [0.4, 0.5) is 11.5 Å². The minimum Gasteiger partial charge on any atom is -0.327 e. The molecule has 1 aliphatic rings. The second kappa shape index (κ2) is 4.20. The average Bonchev–Trinajstić information content (AvgIpc) is 2.90. The van der Waals surface area contributed by atoms with Gasteiger partial charge in [-0.2, -0.15) is 0 Å². The van der Waals surface area contributed by atoms with Gasteiger partial charge in [0.15, 0.2) is 5.82 Å². The van der Waals surface area contributed by atoms with Crippen LogP contribution in [-0.4, -0.2) is 22.5 Å². The van der Waals surface area contributed by atoms with Crippen molar-refractivity contribution in [2.75, 3.05) is 11.9 Å². The smallest absolute Gasteiger partial charge is 0.265 e. The maximum absolute atomic E-state index is 13.2. The van der Waals surface area contributed by atoms with Crippen molar-refractivity contribution in [2.24, 2.45) is 0 Å². The number of hydrogen-bond donors (Lipinski definition) is 0. The molecule has 5 rings (SSSR count). The van der Waals surface area contributed by atoms with Gasteiger partial charge in [0.2, 0.25) is 0 Å². The zero-order chi connectivity index (χ0) is 15.6. The molecule has 0 bridgehead atoms. The number of fused-ring (bicyclic) bond motifs is 4. The summed E-state index contributed by atoms with van der Waals surface area (Å²) in [6.45, 7) is 0. The molecule has 0 saturated heterocycles. The van der Waals surface area contributed by atoms with Gasteiger partial charge in [-0.15, -0.1) is 0 Å². The molecule has 0 fully saturated rings. The molecule has 0 saturated carbocycles. The van der Waals surface area contributed by atoms with E-state index in [2.05, 4.69) is 11.1 Å². The molecule has 0 amide bonds. The Morgan fingerprint density at radius 1 is 0.913 bits per heavy atom. The van der Waals surface area contributed by atoms with E-state index in [0.29, 0.717) is 5.56 Å². The number of pyridine rings is 1. The molecule has 2 aromatic carbocycles. The van der Waals surface area contributed by atoms with E-state index in [0.717, 1.165) is 33.3 Å². The van der Waals surface area contributed by atoms with Crippen LogP contribution in [-0.2, 0) is 0 Å². The van der Waals surface area contributed by atoms with Crippen LogP contribution in [0.1, 0.15) is 10.4 Å². The van der Waals surface area contributed by atoms with Crippen LogP contribution in [0, 0.1) is 0 Å². The largest absolute Gasteiger partial charge is 0.327 e. The van der Waals surface area contributed by atoms with Crippen molar-refractivity contribution in [1.82, 2.24) is 9.55 Å². The molecular weight excluding hydrogens is 286 g/mol. The lowest BCUT2D eigenvalue weighted by Gasteiger charge is -2.18. The highest BCUT2D eigenvalue weighted by molar-refractivity contribution is 6.21. The van der Waals surface area contributed by atoms with E-state index < -0.39 is 0 Å². The van der Waals surface area contributed by atoms with Crippen molar-refractivity contribution in [2.45, 2.75) is 0 Å². The van der Waals surface area contributed by atoms with Gasteiger partial charge in [0.05, 0.1) is 16.8 Å². The van der Waals surface area contributed by atoms with Crippen molar-refractivity contribution in [3.63, 3.8) is 0 Å². The number of hydrogen-bond acceptors (Lipinski definition) is 3. The summed E-state index contributed by atoms with van der Waals surface area (Å²) in [4.78, 5) is 19.8. The molecule has 0 aliphatic carbocycles. The minimum atomic E-state index is -0.00889. The first-order chi connectivity index (χ1) is 11.3. The molecule has 23 heavy (non-hydrogen) atoms. The number of benzene rings is 2. The number of rotatable bonds is 0. The zero-order valence-corrected chi connectivity index (χ0v) is 12.5. The molecule has 110 valence electrons. The first-order valence-corrected chi connectivity index (χ1v) is 7.53. The fourth-order valence-corrected chi connectivity index (χ4v) is 3.54. The Balaban J connectivity index is 2.07. The fourth-order valence-electron chi connectivity index (χ4n) is 3.54. The average molecular weight is 299 g/mol. The third-order valence-corrected chi connectivity index (χ3v) is 4.58. The third-order valence-electron chi connectivity index (χ3n) is 4.58. The SMILES string of the molecule is CN1c2ccccc2C(=O)n2c3ccccc3c3ccnc1c32. The third kappa shape index (κ3) is 1.45. The van der Waals surface area contributed by atoms with Gasteiger partial charge in [-0.1, -0.05) is 30.3 Å². The van der Waals surface area contributed by atoms with E-state index in [9.17, 15) is 4.79 Å². The van der Waals surface area contributed by atoms with Gasteiger partial charge in [0.1, 0.15) is 5.52 Å². The topological polar surface area (TPSA) is 38.1 Å². The Kier molecular flexibility index (Phi) is 2.26. The van der Waals surface area contributed by atoms with E-state index in [-0.39, 0.29) is 5.91 Å². The number of carbonyl (C=O) groups is 1. The van der Waals surface area contributed by atoms with Gasteiger partial charge in [-0.3, -0.25) is 9.36 Å². The summed E-state index contributed by atoms with van der Waals surface area (Å²) in [5.74, 6) is 0.794. The zero-order valence-electron chi connectivity index (χ0n) is 12.5. The predicted octanol–water partition coefficient (Wildman–Crippen LogP) is 3.96. The van der Waals surface area contributed by atoms with Gasteiger partial charge in [0, 0.05) is 24.0 Å². The van der Waals surface area contributed by atoms with E-state index >= 15 is 0 Å². The van der Waals surface area contributed by atoms with Crippen molar-refractivity contribution in [3.8, 4) is 0 Å². The summed E-state index contributed by atoms with van der Waals surface area (Å²) in [5, 5.41) is 2.13. The van der Waals surface area contributed by atoms with Crippen LogP contribution in [0.5, 0.6) is 0 Å². The fraction of sp³-hybridized carbons (Fsp3) is 0.0526. The Morgan fingerprint density at radius 2 is 1.70 bits per heavy atom. The number of nitrogens with zero attached hydrogens (tertiary/aromatic N) is 3. The minimum absolute atomic E-state index is 0.00889. The lowest BCUT2D eigenvalue weighted by Crippen LogP contribution is -2.13. The monoisotopic (exact) mass is 299 g/mol. The van der Waals surface area contributed by atoms with E-state index in [4.69, 9.17) is 0 Å². The summed E-state index contributed by atoms with van der Waals surface area (Å²) in [6.07, 6.45) is 1.81. The van der Waals surface area contributed by atoms with Crippen LogP contribution in [0.25, 0.3) is 21.8 Å². The molecule has 2 aromatic heterocycles. The van der Waals surface area contributed by atoms with Gasteiger partial charge >= 0.3 is 0 Å². The predicted molar refractivity (Wildman–Crippen MR) is 91.5 cm³/mol. The van der Waals surface area contributed by atoms with Crippen LogP contribution in [0.2, 0.25) is 0 Å². The second-order valence-electron chi connectivity index (χ2n) is 5.76. The Labute approximate surface area is 132 Å². The standard InChI is InChI=1S/C19H13N3O/c1-21-15-8-4-3-7-14(15)19(23)22-16-9-5-2-6-12(16)13-10-11-20-18(21)17(13)22/h2-11H,1H3. The van der Waals surface area contributed by atoms with Crippen LogP contribution >= 0.6 is 0 Å². The molecule has 0 spiro atoms. The van der Waals surface area contributed by atoms with E-state index in [1.54, 1.807) is 4.57 Å². The molecule has 4 aromatic rings. The van der Waals surface area contributed by atoms with Crippen LogP contribution in [0.3, 0.4) is 0 Å². The molecule has 4 heteroatoms. The molecule has 0 radical (unpaired) electrons. The summed E-state index contributed by atoms with van der Waals surface area (Å²) in [6, 6.07) is 17.7. The highest BCUT2D eigenvalue weighted by Gasteiger charge is 2.28. The lowest BCUT2D eigenvalue weighted by atomic mass is 10.1. The van der Waals surface area contributed by atoms with Crippen LogP contribution < -0.4 is 4.90 Å². The normalized spacial score (nSPS) is 13.4. The molecule has 0 unspecified atom stereocenters. The van der Waals surface area contributed by atoms with Crippen molar-refractivity contribution < 1.29 is 4.79 Å². The first-order valence-electron chi connectivity index (χ1n) is 7.53. The summed E-state index contributed by atoms with van der Waals surface area (Å²) in [5.41, 5.74) is 3.37. The molecule has 0 N–H and O–H groups in total. The Morgan fingerprint density at radius 3 is 2.61 bits per heavy atom. The van der Waals surface area contributed by atoms with Crippen molar-refractivity contribution in [3.05, 3.63) is 66.4 Å². The maximum Gasteiger partial charge on any atom is 0.265 e. The highest BCUT2D eigenvalue weighted by atomic mass is 16.2. The number of carbonyl (C=O) groups excluding carboxylic acids is 1. The highest BCUT2D eigenvalue weighted by Crippen LogP contribution is 2.40. The number of anilines is 2. The maximum atomic E-state index is 13.2. The molecule has 3 heterocycles. The van der Waals surface area contributed by atoms with Crippen molar-refractivity contribution >= 4 is 39.2 Å². The van der Waals surface area contributed by atoms with Gasteiger partial charge in [-0.05, 0) is 24.3 Å². The number of aromatic nitrogens is 2. The number of para-hydroxylation sites is 2. The molecule has 0 atom stereocenters. The summed E-state index contributed by atoms with van der Waals surface area (Å²) >= 11 is 0. The Bertz CT molecular complexity index is 1110. The van der Waals surface area contributed by atoms with Crippen LogP contribution in [0.15, 0.2) is 60.8 Å². The molecule has 4 nitrogen and oxygen atoms in total.